The van der Waals surface area contributed by atoms with Crippen LogP contribution in [0.15, 0.2) is 0 Å². The number of hydrogen-bond donors (Lipinski definition) is 7. The molecule has 0 spiro atoms. The maximum Gasteiger partial charge on any atom is 0.187 e. The first-order chi connectivity index (χ1) is 12.3. The van der Waals surface area contributed by atoms with E-state index in [1.165, 1.54) is 0 Å². The largest absolute Gasteiger partial charge is 0.394 e. The minimum absolute atomic E-state index is 0.236. The van der Waals surface area contributed by atoms with Gasteiger partial charge in [0.25, 0.3) is 0 Å². The molecule has 2 saturated heterocycles. The summed E-state index contributed by atoms with van der Waals surface area (Å²) in [4.78, 5) is 0. The Morgan fingerprint density at radius 1 is 0.731 bits per heavy atom. The van der Waals surface area contributed by atoms with Crippen molar-refractivity contribution >= 4 is 0 Å². The van der Waals surface area contributed by atoms with Crippen molar-refractivity contribution in [2.45, 2.75) is 74.8 Å². The molecule has 0 aromatic carbocycles. The maximum absolute atomic E-state index is 10.3. The van der Waals surface area contributed by atoms with E-state index in [2.05, 4.69) is 0 Å². The molecule has 0 amide bonds. The number of hydrogen-bond acceptors (Lipinski definition) is 11. The van der Waals surface area contributed by atoms with Crippen LogP contribution in [-0.4, -0.2) is 117 Å². The van der Waals surface area contributed by atoms with Crippen molar-refractivity contribution in [3.63, 3.8) is 0 Å². The first kappa shape index (κ1) is 21.9. The second-order valence-electron chi connectivity index (χ2n) is 6.38. The Morgan fingerprint density at radius 2 is 1.27 bits per heavy atom. The summed E-state index contributed by atoms with van der Waals surface area (Å²) in [5.74, 6) is 0. The highest BCUT2D eigenvalue weighted by molar-refractivity contribution is 4.93. The third-order valence-corrected chi connectivity index (χ3v) is 4.45. The number of ether oxygens (including phenoxy) is 4. The number of aliphatic hydroxyl groups is 7. The van der Waals surface area contributed by atoms with Gasteiger partial charge in [-0.15, -0.1) is 0 Å². The van der Waals surface area contributed by atoms with Gasteiger partial charge in [-0.05, 0) is 6.42 Å². The molecule has 11 heteroatoms. The van der Waals surface area contributed by atoms with Gasteiger partial charge < -0.3 is 54.7 Å². The van der Waals surface area contributed by atoms with Gasteiger partial charge in [0, 0.05) is 6.61 Å². The third kappa shape index (κ3) is 4.51. The molecule has 2 fully saturated rings. The van der Waals surface area contributed by atoms with Crippen molar-refractivity contribution in [2.24, 2.45) is 0 Å². The topological polar surface area (TPSA) is 179 Å². The molecule has 26 heavy (non-hydrogen) atoms. The van der Waals surface area contributed by atoms with Crippen LogP contribution in [0.1, 0.15) is 13.3 Å². The minimum atomic E-state index is -1.68. The Bertz CT molecular complexity index is 422. The van der Waals surface area contributed by atoms with E-state index in [1.807, 2.05) is 6.92 Å². The minimum Gasteiger partial charge on any atom is -0.394 e. The second kappa shape index (κ2) is 9.66. The molecule has 1 unspecified atom stereocenters. The van der Waals surface area contributed by atoms with Gasteiger partial charge >= 0.3 is 0 Å². The molecule has 0 aliphatic carbocycles. The summed E-state index contributed by atoms with van der Waals surface area (Å²) in [5.41, 5.74) is 0. The monoisotopic (exact) mass is 384 g/mol. The molecule has 7 N–H and O–H groups in total. The molecule has 0 aromatic rings. The summed E-state index contributed by atoms with van der Waals surface area (Å²) in [7, 11) is 0. The molecule has 0 aromatic heterocycles. The van der Waals surface area contributed by atoms with Gasteiger partial charge in [0.2, 0.25) is 0 Å². The van der Waals surface area contributed by atoms with Crippen LogP contribution in [0.4, 0.5) is 0 Å². The summed E-state index contributed by atoms with van der Waals surface area (Å²) >= 11 is 0. The third-order valence-electron chi connectivity index (χ3n) is 4.45. The molecule has 2 rings (SSSR count). The standard InChI is InChI=1S/C15H28O11/c1-2-3-23-15-13(11(21)9(19)7(5-17)25-15)26-14-12(22)10(20)8(18)6(4-16)24-14/h6-22H,2-5H2,1H3/t6-,7-,8-,9-,10+,11+,12+,13+,14?,15+/m1/s1. The molecule has 10 atom stereocenters. The van der Waals surface area contributed by atoms with Gasteiger partial charge in [-0.1, -0.05) is 6.92 Å². The summed E-state index contributed by atoms with van der Waals surface area (Å²) in [6.07, 6.45) is -13.6. The Labute approximate surface area is 150 Å². The van der Waals surface area contributed by atoms with Gasteiger partial charge in [-0.2, -0.15) is 0 Å². The molecule has 2 aliphatic heterocycles. The Balaban J connectivity index is 2.14. The molecule has 154 valence electrons. The van der Waals surface area contributed by atoms with E-state index in [0.717, 1.165) is 0 Å². The smallest absolute Gasteiger partial charge is 0.187 e. The van der Waals surface area contributed by atoms with Crippen LogP contribution >= 0.6 is 0 Å². The average Bonchev–Trinajstić information content (AvgIpc) is 2.64. The lowest BCUT2D eigenvalue weighted by Crippen LogP contribution is -2.64. The summed E-state index contributed by atoms with van der Waals surface area (Å²) in [6, 6.07) is 0. The predicted octanol–water partition coefficient (Wildman–Crippen LogP) is -3.96. The fourth-order valence-electron chi connectivity index (χ4n) is 2.90. The van der Waals surface area contributed by atoms with Gasteiger partial charge in [0.05, 0.1) is 13.2 Å². The van der Waals surface area contributed by atoms with Crippen molar-refractivity contribution < 1.29 is 54.7 Å². The van der Waals surface area contributed by atoms with Crippen molar-refractivity contribution in [3.05, 3.63) is 0 Å². The first-order valence-electron chi connectivity index (χ1n) is 8.55. The Hall–Kier alpha value is -0.440. The fraction of sp³-hybridized carbons (Fsp3) is 1.00. The quantitative estimate of drug-likeness (QED) is 0.228. The second-order valence-corrected chi connectivity index (χ2v) is 6.38. The lowest BCUT2D eigenvalue weighted by molar-refractivity contribution is -0.367. The highest BCUT2D eigenvalue weighted by Gasteiger charge is 2.50. The average molecular weight is 384 g/mol. The first-order valence-corrected chi connectivity index (χ1v) is 8.55. The summed E-state index contributed by atoms with van der Waals surface area (Å²) < 4.78 is 21.6. The molecule has 0 saturated carbocycles. The Kier molecular flexibility index (Phi) is 8.12. The fourth-order valence-corrected chi connectivity index (χ4v) is 2.90. The molecule has 2 aliphatic rings. The van der Waals surface area contributed by atoms with Crippen molar-refractivity contribution in [1.29, 1.82) is 0 Å². The lowest BCUT2D eigenvalue weighted by atomic mass is 9.97. The van der Waals surface area contributed by atoms with Crippen LogP contribution in [0.25, 0.3) is 0 Å². The van der Waals surface area contributed by atoms with Crippen molar-refractivity contribution in [2.75, 3.05) is 19.8 Å². The SMILES string of the molecule is CCCO[C@H]1O[C@H](CO)[C@@H](O)[C@H](O)[C@@H]1OC1O[C@H](CO)[C@@H](O)[C@H](O)[C@@H]1O. The van der Waals surface area contributed by atoms with Gasteiger partial charge in [-0.3, -0.25) is 0 Å². The van der Waals surface area contributed by atoms with Crippen LogP contribution < -0.4 is 0 Å². The van der Waals surface area contributed by atoms with Crippen LogP contribution in [0.2, 0.25) is 0 Å². The summed E-state index contributed by atoms with van der Waals surface area (Å²) in [5, 5.41) is 68.5. The van der Waals surface area contributed by atoms with Gasteiger partial charge in [-0.25, -0.2) is 0 Å². The van der Waals surface area contributed by atoms with E-state index in [1.54, 1.807) is 0 Å². The molecule has 0 radical (unpaired) electrons. The zero-order valence-corrected chi connectivity index (χ0v) is 14.4. The molecule has 11 nitrogen and oxygen atoms in total. The lowest BCUT2D eigenvalue weighted by Gasteiger charge is -2.45. The van der Waals surface area contributed by atoms with Crippen molar-refractivity contribution in [1.82, 2.24) is 0 Å². The molecule has 2 heterocycles. The van der Waals surface area contributed by atoms with E-state index in [0.29, 0.717) is 6.42 Å². The predicted molar refractivity (Wildman–Crippen MR) is 82.6 cm³/mol. The summed E-state index contributed by atoms with van der Waals surface area (Å²) in [6.45, 7) is 0.877. The molecular formula is C15H28O11. The van der Waals surface area contributed by atoms with Crippen molar-refractivity contribution in [3.8, 4) is 0 Å². The van der Waals surface area contributed by atoms with Crippen LogP contribution in [0.5, 0.6) is 0 Å². The van der Waals surface area contributed by atoms with Crippen LogP contribution in [0, 0.1) is 0 Å². The van der Waals surface area contributed by atoms with E-state index in [4.69, 9.17) is 18.9 Å². The Morgan fingerprint density at radius 3 is 1.81 bits per heavy atom. The van der Waals surface area contributed by atoms with E-state index in [-0.39, 0.29) is 6.61 Å². The maximum atomic E-state index is 10.3. The molecule has 0 bridgehead atoms. The van der Waals surface area contributed by atoms with Gasteiger partial charge in [0.15, 0.2) is 12.6 Å². The normalized spacial score (nSPS) is 47.1. The molecular weight excluding hydrogens is 356 g/mol. The van der Waals surface area contributed by atoms with Crippen LogP contribution in [-0.2, 0) is 18.9 Å². The van der Waals surface area contributed by atoms with E-state index < -0.39 is 74.6 Å². The number of rotatable bonds is 7. The van der Waals surface area contributed by atoms with Crippen LogP contribution in [0.3, 0.4) is 0 Å². The zero-order valence-electron chi connectivity index (χ0n) is 14.4. The highest BCUT2D eigenvalue weighted by Crippen LogP contribution is 2.29. The van der Waals surface area contributed by atoms with E-state index in [9.17, 15) is 35.7 Å². The zero-order chi connectivity index (χ0) is 19.4. The van der Waals surface area contributed by atoms with E-state index >= 15 is 0 Å². The number of aliphatic hydroxyl groups excluding tert-OH is 7. The highest BCUT2D eigenvalue weighted by atomic mass is 16.8. The van der Waals surface area contributed by atoms with Gasteiger partial charge in [0.1, 0.15) is 48.8 Å².